The van der Waals surface area contributed by atoms with E-state index in [0.717, 1.165) is 39.5 Å². The fraction of sp³-hybridized carbons (Fsp3) is 0.233. The minimum absolute atomic E-state index is 0.0577. The van der Waals surface area contributed by atoms with Crippen LogP contribution < -0.4 is 4.74 Å². The van der Waals surface area contributed by atoms with E-state index in [0.29, 0.717) is 23.3 Å². The second-order valence-electron chi connectivity index (χ2n) is 14.4. The van der Waals surface area contributed by atoms with Gasteiger partial charge in [0.25, 0.3) is 5.95 Å². The maximum Gasteiger partial charge on any atom is 0.258 e. The van der Waals surface area contributed by atoms with Crippen molar-refractivity contribution in [3.05, 3.63) is 145 Å². The molecule has 0 spiro atoms. The summed E-state index contributed by atoms with van der Waals surface area (Å²) < 4.78 is 38.1. The summed E-state index contributed by atoms with van der Waals surface area (Å²) in [7, 11) is 0. The molecule has 0 saturated heterocycles. The number of halogens is 2. The van der Waals surface area contributed by atoms with E-state index in [9.17, 15) is 4.39 Å². The zero-order valence-corrected chi connectivity index (χ0v) is 27.3. The predicted molar refractivity (Wildman–Crippen MR) is 190 cm³/mol. The van der Waals surface area contributed by atoms with Gasteiger partial charge in [-0.2, -0.15) is 13.8 Å². The molecule has 50 heavy (non-hydrogen) atoms. The van der Waals surface area contributed by atoms with Crippen LogP contribution in [0.2, 0.25) is 0 Å². The van der Waals surface area contributed by atoms with Crippen LogP contribution in [0.4, 0.5) is 8.78 Å². The van der Waals surface area contributed by atoms with Crippen LogP contribution in [0.1, 0.15) is 43.2 Å². The number of hydrogen-bond acceptors (Lipinski definition) is 4. The Balaban J connectivity index is 1.12. The van der Waals surface area contributed by atoms with Gasteiger partial charge in [0, 0.05) is 34.6 Å². The second-order valence-corrected chi connectivity index (χ2v) is 14.4. The number of rotatable bonds is 6. The van der Waals surface area contributed by atoms with Gasteiger partial charge in [0.05, 0.1) is 22.3 Å². The SMILES string of the molecule is Fc1nc(F)c(-c2ccccn2)cc1Oc1ccc2c3ccccc3n(-c3cc(C4(c5ccccc5)C5CC6CC(C5)CC4C6)ccn3)c2c1. The summed E-state index contributed by atoms with van der Waals surface area (Å²) in [6.45, 7) is 0. The van der Waals surface area contributed by atoms with Gasteiger partial charge in [-0.1, -0.05) is 54.6 Å². The van der Waals surface area contributed by atoms with Gasteiger partial charge in [0.15, 0.2) is 5.75 Å². The van der Waals surface area contributed by atoms with Crippen LogP contribution in [-0.2, 0) is 5.41 Å². The minimum Gasteiger partial charge on any atom is -0.452 e. The molecule has 7 heteroatoms. The topological polar surface area (TPSA) is 52.8 Å². The second kappa shape index (κ2) is 11.3. The Morgan fingerprint density at radius 2 is 1.36 bits per heavy atom. The van der Waals surface area contributed by atoms with Crippen LogP contribution in [0.3, 0.4) is 0 Å². The maximum absolute atomic E-state index is 15.1. The van der Waals surface area contributed by atoms with Gasteiger partial charge in [-0.25, -0.2) is 4.98 Å². The summed E-state index contributed by atoms with van der Waals surface area (Å²) in [5.41, 5.74) is 5.01. The van der Waals surface area contributed by atoms with E-state index in [1.807, 2.05) is 36.5 Å². The number of aromatic nitrogens is 4. The maximum atomic E-state index is 15.1. The van der Waals surface area contributed by atoms with Crippen molar-refractivity contribution < 1.29 is 13.5 Å². The molecule has 11 rings (SSSR count). The van der Waals surface area contributed by atoms with Crippen molar-refractivity contribution in [2.24, 2.45) is 23.7 Å². The van der Waals surface area contributed by atoms with Crippen LogP contribution in [0.5, 0.6) is 11.5 Å². The number of pyridine rings is 3. The number of benzene rings is 3. The highest BCUT2D eigenvalue weighted by molar-refractivity contribution is 6.09. The molecular weight excluding hydrogens is 626 g/mol. The van der Waals surface area contributed by atoms with Gasteiger partial charge in [0.2, 0.25) is 5.95 Å². The van der Waals surface area contributed by atoms with Gasteiger partial charge >= 0.3 is 0 Å². The first kappa shape index (κ1) is 29.5. The number of ether oxygens (including phenoxy) is 1. The van der Waals surface area contributed by atoms with Crippen LogP contribution in [0, 0.1) is 35.6 Å². The third-order valence-electron chi connectivity index (χ3n) is 11.8. The number of nitrogens with zero attached hydrogens (tertiary/aromatic N) is 4. The van der Waals surface area contributed by atoms with Crippen molar-refractivity contribution in [3.63, 3.8) is 0 Å². The zero-order chi connectivity index (χ0) is 33.4. The molecule has 5 nitrogen and oxygen atoms in total. The predicted octanol–water partition coefficient (Wildman–Crippen LogP) is 10.4. The lowest BCUT2D eigenvalue weighted by Gasteiger charge is -2.62. The van der Waals surface area contributed by atoms with Gasteiger partial charge < -0.3 is 4.74 Å². The Hall–Kier alpha value is -5.43. The highest BCUT2D eigenvalue weighted by Crippen LogP contribution is 2.65. The first-order valence-corrected chi connectivity index (χ1v) is 17.6. The highest BCUT2D eigenvalue weighted by Gasteiger charge is 2.58. The van der Waals surface area contributed by atoms with Crippen molar-refractivity contribution in [1.29, 1.82) is 0 Å². The molecule has 4 aromatic heterocycles. The van der Waals surface area contributed by atoms with Crippen molar-refractivity contribution in [2.75, 3.05) is 0 Å². The largest absolute Gasteiger partial charge is 0.452 e. The van der Waals surface area contributed by atoms with E-state index in [-0.39, 0.29) is 16.7 Å². The van der Waals surface area contributed by atoms with E-state index in [1.54, 1.807) is 24.4 Å². The van der Waals surface area contributed by atoms with Crippen LogP contribution in [0.25, 0.3) is 38.9 Å². The molecule has 4 saturated carbocycles. The Labute approximate surface area is 288 Å². The average Bonchev–Trinajstić information content (AvgIpc) is 3.47. The Bertz CT molecular complexity index is 2380. The van der Waals surface area contributed by atoms with Gasteiger partial charge in [0.1, 0.15) is 11.6 Å². The number of hydrogen-bond donors (Lipinski definition) is 0. The van der Waals surface area contributed by atoms with Crippen molar-refractivity contribution in [1.82, 2.24) is 19.5 Å². The Morgan fingerprint density at radius 1 is 0.620 bits per heavy atom. The lowest BCUT2D eigenvalue weighted by Crippen LogP contribution is -2.56. The molecule has 7 aromatic rings. The molecule has 0 aliphatic heterocycles. The van der Waals surface area contributed by atoms with E-state index in [1.165, 1.54) is 49.3 Å². The third kappa shape index (κ3) is 4.45. The molecule has 0 N–H and O–H groups in total. The summed E-state index contributed by atoms with van der Waals surface area (Å²) in [4.78, 5) is 12.7. The van der Waals surface area contributed by atoms with Crippen LogP contribution >= 0.6 is 0 Å². The highest BCUT2D eigenvalue weighted by atomic mass is 19.1. The molecule has 3 aromatic carbocycles. The van der Waals surface area contributed by atoms with Crippen molar-refractivity contribution >= 4 is 21.8 Å². The molecule has 4 aliphatic rings. The van der Waals surface area contributed by atoms with E-state index in [2.05, 4.69) is 69.1 Å². The molecule has 4 fully saturated rings. The lowest BCUT2D eigenvalue weighted by atomic mass is 9.42. The molecule has 0 atom stereocenters. The number of para-hydroxylation sites is 1. The average molecular weight is 661 g/mol. The summed E-state index contributed by atoms with van der Waals surface area (Å²) in [6.07, 6.45) is 10.1. The molecule has 0 unspecified atom stereocenters. The van der Waals surface area contributed by atoms with Crippen LogP contribution in [0.15, 0.2) is 122 Å². The smallest absolute Gasteiger partial charge is 0.258 e. The van der Waals surface area contributed by atoms with Crippen LogP contribution in [-0.4, -0.2) is 19.5 Å². The van der Waals surface area contributed by atoms with E-state index >= 15 is 4.39 Å². The summed E-state index contributed by atoms with van der Waals surface area (Å²) >= 11 is 0. The first-order chi connectivity index (χ1) is 24.6. The normalized spacial score (nSPS) is 23.9. The zero-order valence-electron chi connectivity index (χ0n) is 27.3. The molecule has 246 valence electrons. The van der Waals surface area contributed by atoms with Gasteiger partial charge in [-0.3, -0.25) is 9.55 Å². The standard InChI is InChI=1S/C43H34F2N4O/c44-41-35(36-11-6-7-16-46-36)25-39(42(45)48-41)50-32-13-14-34-33-10-4-5-12-37(33)49(38(34)24-32)40-23-29(15-17-47-40)43(28-8-2-1-3-9-28)30-19-26-18-27(21-30)22-31(43)20-26/h1-17,23-27,30-31H,18-22H2. The minimum atomic E-state index is -1.03. The van der Waals surface area contributed by atoms with E-state index < -0.39 is 11.9 Å². The first-order valence-electron chi connectivity index (χ1n) is 17.6. The molecule has 4 aliphatic carbocycles. The van der Waals surface area contributed by atoms with Gasteiger partial charge in [-0.15, -0.1) is 0 Å². The lowest BCUT2D eigenvalue weighted by molar-refractivity contribution is -0.0418. The third-order valence-corrected chi connectivity index (χ3v) is 11.8. The Kier molecular flexibility index (Phi) is 6.67. The summed E-state index contributed by atoms with van der Waals surface area (Å²) in [5.74, 6) is 1.97. The van der Waals surface area contributed by atoms with Crippen molar-refractivity contribution in [2.45, 2.75) is 37.5 Å². The number of fused-ring (bicyclic) bond motifs is 3. The molecule has 4 heterocycles. The van der Waals surface area contributed by atoms with Crippen molar-refractivity contribution in [3.8, 4) is 28.6 Å². The fourth-order valence-corrected chi connectivity index (χ4v) is 10.2. The fourth-order valence-electron chi connectivity index (χ4n) is 10.2. The molecule has 0 amide bonds. The summed E-state index contributed by atoms with van der Waals surface area (Å²) in [5, 5.41) is 2.11. The molecular formula is C43H34F2N4O. The summed E-state index contributed by atoms with van der Waals surface area (Å²) in [6, 6.07) is 36.2. The van der Waals surface area contributed by atoms with Gasteiger partial charge in [-0.05, 0) is 115 Å². The van der Waals surface area contributed by atoms with E-state index in [4.69, 9.17) is 9.72 Å². The Morgan fingerprint density at radius 3 is 2.14 bits per heavy atom. The molecule has 4 bridgehead atoms. The molecule has 0 radical (unpaired) electrons. The monoisotopic (exact) mass is 660 g/mol. The quantitative estimate of drug-likeness (QED) is 0.167.